The van der Waals surface area contributed by atoms with Gasteiger partial charge in [-0.2, -0.15) is 5.10 Å². The molecule has 2 aromatic heterocycles. The van der Waals surface area contributed by atoms with E-state index in [0.29, 0.717) is 0 Å². The zero-order valence-electron chi connectivity index (χ0n) is 8.94. The predicted molar refractivity (Wildman–Crippen MR) is 70.4 cm³/mol. The number of halogens is 1. The van der Waals surface area contributed by atoms with Crippen molar-refractivity contribution in [3.05, 3.63) is 45.0 Å². The zero-order chi connectivity index (χ0) is 12.3. The first-order chi connectivity index (χ1) is 8.16. The van der Waals surface area contributed by atoms with Crippen LogP contribution in [0.1, 0.15) is 22.4 Å². The second-order valence-electron chi connectivity index (χ2n) is 3.22. The van der Waals surface area contributed by atoms with E-state index in [0.717, 1.165) is 14.4 Å². The molecule has 0 saturated heterocycles. The van der Waals surface area contributed by atoms with Crippen molar-refractivity contribution < 1.29 is 9.21 Å². The molecule has 0 aromatic carbocycles. The molecule has 1 N–H and O–H groups in total. The molecule has 6 heteroatoms. The molecule has 0 unspecified atom stereocenters. The van der Waals surface area contributed by atoms with Crippen molar-refractivity contribution in [2.75, 3.05) is 0 Å². The number of thiophene rings is 1. The molecule has 17 heavy (non-hydrogen) atoms. The lowest BCUT2D eigenvalue weighted by Crippen LogP contribution is -2.18. The second-order valence-corrected chi connectivity index (χ2v) is 5.68. The van der Waals surface area contributed by atoms with E-state index in [2.05, 4.69) is 26.5 Å². The van der Waals surface area contributed by atoms with Crippen LogP contribution in [-0.2, 0) is 0 Å². The molecule has 0 saturated carbocycles. The Morgan fingerprint density at radius 2 is 2.29 bits per heavy atom. The summed E-state index contributed by atoms with van der Waals surface area (Å²) in [5.41, 5.74) is 3.19. The molecular weight excluding hydrogens is 304 g/mol. The van der Waals surface area contributed by atoms with Crippen LogP contribution < -0.4 is 5.43 Å². The third-order valence-corrected chi connectivity index (χ3v) is 3.73. The quantitative estimate of drug-likeness (QED) is 0.698. The summed E-state index contributed by atoms with van der Waals surface area (Å²) in [6, 6.07) is 7.11. The summed E-state index contributed by atoms with van der Waals surface area (Å²) in [5, 5.41) is 4.01. The lowest BCUT2D eigenvalue weighted by Gasteiger charge is -1.98. The van der Waals surface area contributed by atoms with Crippen molar-refractivity contribution in [3.8, 4) is 0 Å². The maximum atomic E-state index is 11.5. The maximum Gasteiger partial charge on any atom is 0.307 e. The van der Waals surface area contributed by atoms with E-state index in [1.807, 2.05) is 19.1 Å². The van der Waals surface area contributed by atoms with Gasteiger partial charge in [0.1, 0.15) is 0 Å². The molecular formula is C11H9BrN2O2S. The fraction of sp³-hybridized carbons (Fsp3) is 0.0909. The number of rotatable bonds is 3. The van der Waals surface area contributed by atoms with E-state index in [1.165, 1.54) is 6.26 Å². The Balaban J connectivity index is 2.04. The van der Waals surface area contributed by atoms with Crippen LogP contribution in [0.2, 0.25) is 0 Å². The van der Waals surface area contributed by atoms with Gasteiger partial charge in [-0.15, -0.1) is 11.3 Å². The molecule has 0 spiro atoms. The van der Waals surface area contributed by atoms with Gasteiger partial charge in [0.15, 0.2) is 5.76 Å². The van der Waals surface area contributed by atoms with E-state index in [-0.39, 0.29) is 11.7 Å². The first-order valence-corrected chi connectivity index (χ1v) is 6.41. The van der Waals surface area contributed by atoms with Gasteiger partial charge in [0, 0.05) is 0 Å². The van der Waals surface area contributed by atoms with E-state index in [4.69, 9.17) is 4.42 Å². The lowest BCUT2D eigenvalue weighted by atomic mass is 10.3. The number of furan rings is 1. The van der Waals surface area contributed by atoms with Crippen LogP contribution in [-0.4, -0.2) is 11.6 Å². The van der Waals surface area contributed by atoms with Crippen molar-refractivity contribution >= 4 is 38.9 Å². The van der Waals surface area contributed by atoms with Crippen molar-refractivity contribution in [3.63, 3.8) is 0 Å². The Morgan fingerprint density at radius 3 is 2.88 bits per heavy atom. The summed E-state index contributed by atoms with van der Waals surface area (Å²) >= 11 is 4.93. The highest BCUT2D eigenvalue weighted by atomic mass is 79.9. The first kappa shape index (κ1) is 12.1. The van der Waals surface area contributed by atoms with Gasteiger partial charge in [-0.3, -0.25) is 4.79 Å². The molecule has 2 rings (SSSR count). The van der Waals surface area contributed by atoms with Gasteiger partial charge >= 0.3 is 5.91 Å². The summed E-state index contributed by atoms with van der Waals surface area (Å²) in [7, 11) is 0. The minimum atomic E-state index is -0.357. The smallest absolute Gasteiger partial charge is 0.307 e. The molecule has 2 aromatic rings. The van der Waals surface area contributed by atoms with Crippen molar-refractivity contribution in [2.45, 2.75) is 6.92 Å². The molecule has 4 nitrogen and oxygen atoms in total. The summed E-state index contributed by atoms with van der Waals surface area (Å²) in [5.74, 6) is -0.112. The summed E-state index contributed by atoms with van der Waals surface area (Å²) < 4.78 is 5.98. The monoisotopic (exact) mass is 312 g/mol. The fourth-order valence-electron chi connectivity index (χ4n) is 1.16. The van der Waals surface area contributed by atoms with Crippen LogP contribution in [0.5, 0.6) is 0 Å². The number of carbonyl (C=O) groups excluding carboxylic acids is 1. The Bertz CT molecular complexity index is 546. The number of hydrogen-bond donors (Lipinski definition) is 1. The molecule has 0 aliphatic rings. The van der Waals surface area contributed by atoms with Gasteiger partial charge in [-0.25, -0.2) is 5.43 Å². The molecule has 2 heterocycles. The number of carbonyl (C=O) groups is 1. The van der Waals surface area contributed by atoms with E-state index < -0.39 is 0 Å². The molecule has 0 atom stereocenters. The number of hydrazone groups is 1. The van der Waals surface area contributed by atoms with Gasteiger partial charge in [0.25, 0.3) is 0 Å². The zero-order valence-corrected chi connectivity index (χ0v) is 11.3. The van der Waals surface area contributed by atoms with Crippen molar-refractivity contribution in [1.82, 2.24) is 5.43 Å². The minimum Gasteiger partial charge on any atom is -0.459 e. The summed E-state index contributed by atoms with van der Waals surface area (Å²) in [6.07, 6.45) is 1.45. The average molecular weight is 313 g/mol. The van der Waals surface area contributed by atoms with Crippen LogP contribution >= 0.6 is 27.3 Å². The Kier molecular flexibility index (Phi) is 3.75. The van der Waals surface area contributed by atoms with Gasteiger partial charge in [0.05, 0.1) is 20.6 Å². The standard InChI is InChI=1S/C11H9BrN2O2S/c1-7(9-4-5-10(12)17-9)13-14-11(15)8-3-2-6-16-8/h2-6H,1H3,(H,14,15)/b13-7-. The van der Waals surface area contributed by atoms with Gasteiger partial charge < -0.3 is 4.42 Å². The number of hydrogen-bond acceptors (Lipinski definition) is 4. The third-order valence-electron chi connectivity index (χ3n) is 2.00. The Morgan fingerprint density at radius 1 is 1.47 bits per heavy atom. The normalized spacial score (nSPS) is 11.5. The van der Waals surface area contributed by atoms with E-state index >= 15 is 0 Å². The maximum absolute atomic E-state index is 11.5. The molecule has 0 aliphatic carbocycles. The molecule has 0 radical (unpaired) electrons. The lowest BCUT2D eigenvalue weighted by molar-refractivity contribution is 0.0927. The van der Waals surface area contributed by atoms with Crippen LogP contribution in [0.25, 0.3) is 0 Å². The van der Waals surface area contributed by atoms with Gasteiger partial charge in [0.2, 0.25) is 0 Å². The average Bonchev–Trinajstić information content (AvgIpc) is 2.95. The van der Waals surface area contributed by atoms with Crippen molar-refractivity contribution in [2.24, 2.45) is 5.10 Å². The third kappa shape index (κ3) is 3.04. The number of nitrogens with zero attached hydrogens (tertiary/aromatic N) is 1. The minimum absolute atomic E-state index is 0.244. The van der Waals surface area contributed by atoms with Crippen LogP contribution in [0, 0.1) is 0 Å². The highest BCUT2D eigenvalue weighted by Gasteiger charge is 2.07. The highest BCUT2D eigenvalue weighted by Crippen LogP contribution is 2.22. The summed E-state index contributed by atoms with van der Waals surface area (Å²) in [4.78, 5) is 12.5. The van der Waals surface area contributed by atoms with Crippen molar-refractivity contribution in [1.29, 1.82) is 0 Å². The predicted octanol–water partition coefficient (Wildman–Crippen LogP) is 3.26. The molecule has 88 valence electrons. The first-order valence-electron chi connectivity index (χ1n) is 4.80. The molecule has 1 amide bonds. The topological polar surface area (TPSA) is 54.6 Å². The summed E-state index contributed by atoms with van der Waals surface area (Å²) in [6.45, 7) is 1.83. The fourth-order valence-corrected chi connectivity index (χ4v) is 2.49. The van der Waals surface area contributed by atoms with E-state index in [9.17, 15) is 4.79 Å². The molecule has 0 aliphatic heterocycles. The van der Waals surface area contributed by atoms with Gasteiger partial charge in [-0.1, -0.05) is 0 Å². The number of amides is 1. The van der Waals surface area contributed by atoms with Crippen LogP contribution in [0.4, 0.5) is 0 Å². The molecule has 0 fully saturated rings. The SMILES string of the molecule is C/C(=N/NC(=O)c1ccco1)c1ccc(Br)s1. The van der Waals surface area contributed by atoms with Gasteiger partial charge in [-0.05, 0) is 47.1 Å². The van der Waals surface area contributed by atoms with E-state index in [1.54, 1.807) is 23.5 Å². The Labute approximate surface area is 110 Å². The largest absolute Gasteiger partial charge is 0.459 e. The Hall–Kier alpha value is -1.40. The van der Waals surface area contributed by atoms with Crippen LogP contribution in [0.15, 0.2) is 43.8 Å². The van der Waals surface area contributed by atoms with Crippen LogP contribution in [0.3, 0.4) is 0 Å². The number of nitrogens with one attached hydrogen (secondary N) is 1. The molecule has 0 bridgehead atoms. The highest BCUT2D eigenvalue weighted by molar-refractivity contribution is 9.11. The second kappa shape index (κ2) is 5.29.